The highest BCUT2D eigenvalue weighted by molar-refractivity contribution is 7.80. The van der Waals surface area contributed by atoms with Crippen LogP contribution in [0.3, 0.4) is 0 Å². The maximum absolute atomic E-state index is 13.2. The summed E-state index contributed by atoms with van der Waals surface area (Å²) in [4.78, 5) is 0.172. The van der Waals surface area contributed by atoms with Gasteiger partial charge in [0.1, 0.15) is 16.6 Å². The van der Waals surface area contributed by atoms with Crippen molar-refractivity contribution in [1.29, 1.82) is 0 Å². The fraction of sp³-hybridized carbons (Fsp3) is 0.533. The Kier molecular flexibility index (Phi) is 4.09. The van der Waals surface area contributed by atoms with E-state index in [4.69, 9.17) is 22.7 Å². The molecule has 1 aromatic rings. The van der Waals surface area contributed by atoms with Crippen LogP contribution in [0.25, 0.3) is 0 Å². The highest BCUT2D eigenvalue weighted by atomic mass is 32.1. The van der Waals surface area contributed by atoms with Gasteiger partial charge in [-0.15, -0.1) is 0 Å². The molecule has 0 saturated heterocycles. The Labute approximate surface area is 119 Å². The van der Waals surface area contributed by atoms with Gasteiger partial charge in [-0.2, -0.15) is 0 Å². The van der Waals surface area contributed by atoms with Crippen LogP contribution in [0.4, 0.5) is 4.39 Å². The second-order valence-electron chi connectivity index (χ2n) is 5.99. The van der Waals surface area contributed by atoms with Crippen LogP contribution < -0.4 is 10.5 Å². The first kappa shape index (κ1) is 14.3. The summed E-state index contributed by atoms with van der Waals surface area (Å²) in [6, 6.07) is 4.33. The van der Waals surface area contributed by atoms with Crippen LogP contribution in [-0.4, -0.2) is 11.1 Å². The highest BCUT2D eigenvalue weighted by Crippen LogP contribution is 2.37. The molecule has 0 spiro atoms. The number of hydrogen-bond donors (Lipinski definition) is 1. The normalized spacial score (nSPS) is 19.1. The lowest BCUT2D eigenvalue weighted by Gasteiger charge is -2.34. The third-order valence-corrected chi connectivity index (χ3v) is 4.01. The van der Waals surface area contributed by atoms with Crippen molar-refractivity contribution in [2.24, 2.45) is 11.1 Å². The molecular formula is C15H20FNOS. The van der Waals surface area contributed by atoms with Gasteiger partial charge in [0, 0.05) is 0 Å². The molecule has 0 heterocycles. The molecule has 1 fully saturated rings. The van der Waals surface area contributed by atoms with E-state index in [2.05, 4.69) is 13.8 Å². The van der Waals surface area contributed by atoms with Crippen molar-refractivity contribution in [3.05, 3.63) is 29.6 Å². The van der Waals surface area contributed by atoms with Crippen molar-refractivity contribution in [3.63, 3.8) is 0 Å². The summed E-state index contributed by atoms with van der Waals surface area (Å²) in [6.45, 7) is 4.56. The Balaban J connectivity index is 2.10. The first-order valence-corrected chi connectivity index (χ1v) is 7.04. The predicted octanol–water partition coefficient (Wildman–Crippen LogP) is 3.81. The quantitative estimate of drug-likeness (QED) is 0.856. The maximum Gasteiger partial charge on any atom is 0.130 e. The Hall–Kier alpha value is -1.16. The molecule has 2 N–H and O–H groups in total. The minimum absolute atomic E-state index is 0.172. The minimum atomic E-state index is -0.347. The first-order chi connectivity index (χ1) is 8.87. The molecule has 2 rings (SSSR count). The van der Waals surface area contributed by atoms with Gasteiger partial charge in [-0.1, -0.05) is 26.1 Å². The number of halogens is 1. The van der Waals surface area contributed by atoms with E-state index in [0.717, 1.165) is 25.7 Å². The second-order valence-corrected chi connectivity index (χ2v) is 6.43. The zero-order valence-corrected chi connectivity index (χ0v) is 12.2. The van der Waals surface area contributed by atoms with Gasteiger partial charge < -0.3 is 10.5 Å². The molecule has 1 aliphatic carbocycles. The van der Waals surface area contributed by atoms with Gasteiger partial charge in [-0.25, -0.2) is 4.39 Å². The molecule has 1 aliphatic rings. The van der Waals surface area contributed by atoms with Crippen molar-refractivity contribution in [2.45, 2.75) is 45.6 Å². The van der Waals surface area contributed by atoms with Crippen LogP contribution in [-0.2, 0) is 0 Å². The van der Waals surface area contributed by atoms with Crippen LogP contribution in [0.5, 0.6) is 5.75 Å². The Morgan fingerprint density at radius 2 is 2.00 bits per heavy atom. The predicted molar refractivity (Wildman–Crippen MR) is 79.0 cm³/mol. The summed E-state index contributed by atoms with van der Waals surface area (Å²) in [5.41, 5.74) is 6.50. The van der Waals surface area contributed by atoms with Crippen molar-refractivity contribution in [2.75, 3.05) is 0 Å². The van der Waals surface area contributed by atoms with Gasteiger partial charge in [0.25, 0.3) is 0 Å². The van der Waals surface area contributed by atoms with Gasteiger partial charge in [-0.05, 0) is 49.3 Å². The number of nitrogens with two attached hydrogens (primary N) is 1. The van der Waals surface area contributed by atoms with E-state index < -0.39 is 0 Å². The van der Waals surface area contributed by atoms with Crippen molar-refractivity contribution in [1.82, 2.24) is 0 Å². The van der Waals surface area contributed by atoms with E-state index >= 15 is 0 Å². The second kappa shape index (κ2) is 5.45. The summed E-state index contributed by atoms with van der Waals surface area (Å²) in [5, 5.41) is 0. The standard InChI is InChI=1S/C15H20FNOS/c1-15(2)7-5-11(6-8-15)18-13-4-3-10(16)9-12(13)14(17)19/h3-4,9,11H,5-8H2,1-2H3,(H2,17,19). The lowest BCUT2D eigenvalue weighted by atomic mass is 9.76. The van der Waals surface area contributed by atoms with E-state index in [1.165, 1.54) is 12.1 Å². The van der Waals surface area contributed by atoms with Crippen LogP contribution >= 0.6 is 12.2 Å². The van der Waals surface area contributed by atoms with Crippen LogP contribution in [0, 0.1) is 11.2 Å². The Morgan fingerprint density at radius 1 is 1.37 bits per heavy atom. The summed E-state index contributed by atoms with van der Waals surface area (Å²) in [7, 11) is 0. The summed E-state index contributed by atoms with van der Waals surface area (Å²) in [6.07, 6.45) is 4.48. The molecule has 0 unspecified atom stereocenters. The third-order valence-electron chi connectivity index (χ3n) is 3.79. The van der Waals surface area contributed by atoms with Crippen LogP contribution in [0.15, 0.2) is 18.2 Å². The number of thiocarbonyl (C=S) groups is 1. The Bertz CT molecular complexity index is 477. The zero-order chi connectivity index (χ0) is 14.0. The molecule has 0 aromatic heterocycles. The topological polar surface area (TPSA) is 35.2 Å². The number of rotatable bonds is 3. The number of hydrogen-bond acceptors (Lipinski definition) is 2. The van der Waals surface area contributed by atoms with Crippen molar-refractivity contribution >= 4 is 17.2 Å². The molecule has 1 saturated carbocycles. The fourth-order valence-corrected chi connectivity index (χ4v) is 2.63. The van der Waals surface area contributed by atoms with E-state index in [-0.39, 0.29) is 16.9 Å². The van der Waals surface area contributed by atoms with E-state index in [1.54, 1.807) is 6.07 Å². The summed E-state index contributed by atoms with van der Waals surface area (Å²) in [5.74, 6) is 0.249. The molecule has 4 heteroatoms. The van der Waals surface area contributed by atoms with Gasteiger partial charge in [-0.3, -0.25) is 0 Å². The van der Waals surface area contributed by atoms with Crippen molar-refractivity contribution < 1.29 is 9.13 Å². The summed E-state index contributed by atoms with van der Waals surface area (Å²) < 4.78 is 19.2. The van der Waals surface area contributed by atoms with Gasteiger partial charge in [0.05, 0.1) is 11.7 Å². The van der Waals surface area contributed by atoms with Crippen molar-refractivity contribution in [3.8, 4) is 5.75 Å². The van der Waals surface area contributed by atoms with E-state index in [9.17, 15) is 4.39 Å². The lowest BCUT2D eigenvalue weighted by molar-refractivity contribution is 0.0985. The fourth-order valence-electron chi connectivity index (χ4n) is 2.47. The molecule has 104 valence electrons. The number of benzene rings is 1. The maximum atomic E-state index is 13.2. The average Bonchev–Trinajstić information content (AvgIpc) is 2.33. The highest BCUT2D eigenvalue weighted by Gasteiger charge is 2.28. The lowest BCUT2D eigenvalue weighted by Crippen LogP contribution is -2.29. The molecule has 19 heavy (non-hydrogen) atoms. The Morgan fingerprint density at radius 3 is 2.58 bits per heavy atom. The first-order valence-electron chi connectivity index (χ1n) is 6.63. The van der Waals surface area contributed by atoms with Gasteiger partial charge in [0.15, 0.2) is 0 Å². The molecular weight excluding hydrogens is 261 g/mol. The number of ether oxygens (including phenoxy) is 1. The molecule has 2 nitrogen and oxygen atoms in total. The SMILES string of the molecule is CC1(C)CCC(Oc2ccc(F)cc2C(N)=S)CC1. The van der Waals surface area contributed by atoms with Crippen LogP contribution in [0.2, 0.25) is 0 Å². The molecule has 1 aromatic carbocycles. The van der Waals surface area contributed by atoms with Gasteiger partial charge in [0.2, 0.25) is 0 Å². The molecule has 0 amide bonds. The zero-order valence-electron chi connectivity index (χ0n) is 11.4. The molecule has 0 radical (unpaired) electrons. The monoisotopic (exact) mass is 281 g/mol. The smallest absolute Gasteiger partial charge is 0.130 e. The summed E-state index contributed by atoms with van der Waals surface area (Å²) >= 11 is 4.94. The van der Waals surface area contributed by atoms with E-state index in [0.29, 0.717) is 16.7 Å². The largest absolute Gasteiger partial charge is 0.490 e. The van der Waals surface area contributed by atoms with Gasteiger partial charge >= 0.3 is 0 Å². The molecule has 0 bridgehead atoms. The van der Waals surface area contributed by atoms with E-state index in [1.807, 2.05) is 0 Å². The minimum Gasteiger partial charge on any atom is -0.490 e. The van der Waals surface area contributed by atoms with Crippen LogP contribution in [0.1, 0.15) is 45.1 Å². The molecule has 0 atom stereocenters. The average molecular weight is 281 g/mol. The molecule has 0 aliphatic heterocycles. The third kappa shape index (κ3) is 3.66.